The van der Waals surface area contributed by atoms with Gasteiger partial charge in [0, 0.05) is 6.04 Å². The van der Waals surface area contributed by atoms with E-state index < -0.39 is 75.7 Å². The van der Waals surface area contributed by atoms with Gasteiger partial charge in [-0.25, -0.2) is 25.9 Å². The third-order valence-electron chi connectivity index (χ3n) is 6.14. The molecule has 1 aliphatic carbocycles. The Hall–Kier alpha value is -2.19. The SMILES string of the molecule is CC(C)(C1CC(NS(=O)(=O)c2ccc(C(F)(F)F)cc2)C1)S(=O)(=O)c1cc(F)cc(C(F)(F)F)c1. The topological polar surface area (TPSA) is 80.3 Å². The van der Waals surface area contributed by atoms with Crippen LogP contribution in [0.25, 0.3) is 0 Å². The maximum atomic E-state index is 13.8. The van der Waals surface area contributed by atoms with E-state index in [2.05, 4.69) is 4.72 Å². The van der Waals surface area contributed by atoms with E-state index in [1.54, 1.807) is 0 Å². The van der Waals surface area contributed by atoms with Gasteiger partial charge in [0.05, 0.1) is 25.7 Å². The molecule has 0 saturated heterocycles. The van der Waals surface area contributed by atoms with Gasteiger partial charge in [-0.3, -0.25) is 0 Å². The quantitative estimate of drug-likeness (QED) is 0.506. The van der Waals surface area contributed by atoms with Crippen molar-refractivity contribution in [3.63, 3.8) is 0 Å². The molecule has 0 heterocycles. The summed E-state index contributed by atoms with van der Waals surface area (Å²) in [6.07, 6.45) is -9.62. The number of hydrogen-bond donors (Lipinski definition) is 1. The zero-order chi connectivity index (χ0) is 26.6. The Balaban J connectivity index is 1.74. The summed E-state index contributed by atoms with van der Waals surface area (Å²) in [5.74, 6) is -2.06. The highest BCUT2D eigenvalue weighted by Crippen LogP contribution is 2.44. The first kappa shape index (κ1) is 27.4. The lowest BCUT2D eigenvalue weighted by Crippen LogP contribution is -2.53. The maximum Gasteiger partial charge on any atom is 0.416 e. The number of hydrogen-bond acceptors (Lipinski definition) is 4. The van der Waals surface area contributed by atoms with Crippen molar-refractivity contribution in [3.05, 3.63) is 59.4 Å². The number of benzene rings is 2. The number of alkyl halides is 6. The molecule has 5 nitrogen and oxygen atoms in total. The molecule has 0 unspecified atom stereocenters. The second-order valence-electron chi connectivity index (χ2n) is 8.79. The first-order valence-electron chi connectivity index (χ1n) is 10.1. The zero-order valence-electron chi connectivity index (χ0n) is 18.2. The maximum absolute atomic E-state index is 13.8. The summed E-state index contributed by atoms with van der Waals surface area (Å²) in [6, 6.07) is 3.08. The lowest BCUT2D eigenvalue weighted by Gasteiger charge is -2.44. The molecule has 0 aliphatic heterocycles. The van der Waals surface area contributed by atoms with Gasteiger partial charge < -0.3 is 0 Å². The molecule has 35 heavy (non-hydrogen) atoms. The zero-order valence-corrected chi connectivity index (χ0v) is 19.8. The van der Waals surface area contributed by atoms with Gasteiger partial charge in [0.2, 0.25) is 10.0 Å². The number of rotatable bonds is 6. The minimum atomic E-state index is -4.96. The number of sulfonamides is 1. The molecule has 0 aromatic heterocycles. The van der Waals surface area contributed by atoms with E-state index in [0.717, 1.165) is 12.1 Å². The van der Waals surface area contributed by atoms with Crippen molar-refractivity contribution in [2.75, 3.05) is 0 Å². The molecule has 0 atom stereocenters. The molecule has 2 aromatic rings. The van der Waals surface area contributed by atoms with Crippen LogP contribution in [0.1, 0.15) is 37.8 Å². The molecule has 0 amide bonds. The van der Waals surface area contributed by atoms with Crippen LogP contribution in [-0.2, 0) is 32.2 Å². The highest BCUT2D eigenvalue weighted by atomic mass is 32.2. The number of halogens is 7. The van der Waals surface area contributed by atoms with Gasteiger partial charge in [0.15, 0.2) is 9.84 Å². The average Bonchev–Trinajstić information content (AvgIpc) is 2.68. The second-order valence-corrected chi connectivity index (χ2v) is 13.0. The summed E-state index contributed by atoms with van der Waals surface area (Å²) in [5, 5.41) is 0. The first-order chi connectivity index (χ1) is 15.7. The Labute approximate surface area is 197 Å². The average molecular weight is 548 g/mol. The van der Waals surface area contributed by atoms with Crippen molar-refractivity contribution >= 4 is 19.9 Å². The van der Waals surface area contributed by atoms with Gasteiger partial charge in [0.1, 0.15) is 5.82 Å². The molecule has 1 aliphatic rings. The smallest absolute Gasteiger partial charge is 0.223 e. The van der Waals surface area contributed by atoms with Crippen LogP contribution in [0.15, 0.2) is 52.3 Å². The Morgan fingerprint density at radius 1 is 0.771 bits per heavy atom. The van der Waals surface area contributed by atoms with Gasteiger partial charge >= 0.3 is 12.4 Å². The predicted octanol–water partition coefficient (Wildman–Crippen LogP) is 5.17. The van der Waals surface area contributed by atoms with E-state index in [0.29, 0.717) is 24.3 Å². The molecule has 1 N–H and O–H groups in total. The minimum absolute atomic E-state index is 0.00641. The molecule has 3 rings (SSSR count). The van der Waals surface area contributed by atoms with E-state index in [9.17, 15) is 47.6 Å². The Morgan fingerprint density at radius 2 is 1.29 bits per heavy atom. The largest absolute Gasteiger partial charge is 0.416 e. The van der Waals surface area contributed by atoms with Gasteiger partial charge in [0.25, 0.3) is 0 Å². The fourth-order valence-electron chi connectivity index (χ4n) is 3.80. The summed E-state index contributed by atoms with van der Waals surface area (Å²) in [4.78, 5) is -1.26. The summed E-state index contributed by atoms with van der Waals surface area (Å²) >= 11 is 0. The fourth-order valence-corrected chi connectivity index (χ4v) is 6.85. The third-order valence-corrected chi connectivity index (χ3v) is 10.2. The van der Waals surface area contributed by atoms with E-state index in [-0.39, 0.29) is 18.9 Å². The molecule has 1 fully saturated rings. The molecular formula is C21H20F7NO4S2. The monoisotopic (exact) mass is 547 g/mol. The molecule has 0 bridgehead atoms. The highest BCUT2D eigenvalue weighted by molar-refractivity contribution is 7.92. The number of sulfone groups is 1. The second kappa shape index (κ2) is 8.73. The van der Waals surface area contributed by atoms with Gasteiger partial charge in [-0.1, -0.05) is 0 Å². The fraction of sp³-hybridized carbons (Fsp3) is 0.429. The highest BCUT2D eigenvalue weighted by Gasteiger charge is 2.49. The Kier molecular flexibility index (Phi) is 6.83. The van der Waals surface area contributed by atoms with Crippen LogP contribution in [0.4, 0.5) is 30.7 Å². The number of nitrogens with one attached hydrogen (secondary N) is 1. The molecule has 194 valence electrons. The van der Waals surface area contributed by atoms with E-state index in [4.69, 9.17) is 0 Å². The van der Waals surface area contributed by atoms with Crippen molar-refractivity contribution in [2.24, 2.45) is 5.92 Å². The van der Waals surface area contributed by atoms with Crippen molar-refractivity contribution in [1.82, 2.24) is 4.72 Å². The van der Waals surface area contributed by atoms with Gasteiger partial charge in [-0.2, -0.15) is 26.3 Å². The Morgan fingerprint density at radius 3 is 1.77 bits per heavy atom. The Bertz CT molecular complexity index is 1310. The molecule has 0 spiro atoms. The van der Waals surface area contributed by atoms with E-state index in [1.807, 2.05) is 0 Å². The van der Waals surface area contributed by atoms with E-state index >= 15 is 0 Å². The minimum Gasteiger partial charge on any atom is -0.223 e. The molecule has 1 saturated carbocycles. The van der Waals surface area contributed by atoms with Crippen LogP contribution < -0.4 is 4.72 Å². The predicted molar refractivity (Wildman–Crippen MR) is 111 cm³/mol. The molecule has 14 heteroatoms. The summed E-state index contributed by atoms with van der Waals surface area (Å²) in [7, 11) is -8.67. The van der Waals surface area contributed by atoms with Gasteiger partial charge in [-0.05, 0) is 75.1 Å². The molecule has 0 radical (unpaired) electrons. The van der Waals surface area contributed by atoms with Crippen LogP contribution in [0.5, 0.6) is 0 Å². The van der Waals surface area contributed by atoms with Crippen LogP contribution >= 0.6 is 0 Å². The summed E-state index contributed by atoms with van der Waals surface area (Å²) < 4.78 is 143. The van der Waals surface area contributed by atoms with Crippen molar-refractivity contribution in [2.45, 2.75) is 59.6 Å². The van der Waals surface area contributed by atoms with Gasteiger partial charge in [-0.15, -0.1) is 0 Å². The van der Waals surface area contributed by atoms with Crippen LogP contribution in [0.2, 0.25) is 0 Å². The molecular weight excluding hydrogens is 527 g/mol. The third kappa shape index (κ3) is 5.48. The van der Waals surface area contributed by atoms with Crippen molar-refractivity contribution < 1.29 is 47.6 Å². The standard InChI is InChI=1S/C21H20F7NO4S2/c1-19(2,34(30,31)18-10-14(21(26,27)28)7-15(22)11-18)13-8-16(9-13)29-35(32,33)17-5-3-12(4-6-17)20(23,24)25/h3-7,10-11,13,16,29H,8-9H2,1-2H3. The lowest BCUT2D eigenvalue weighted by molar-refractivity contribution is -0.138. The van der Waals surface area contributed by atoms with Crippen LogP contribution in [0.3, 0.4) is 0 Å². The summed E-state index contributed by atoms with van der Waals surface area (Å²) in [6.45, 7) is 2.51. The normalized spacial score (nSPS) is 19.9. The summed E-state index contributed by atoms with van der Waals surface area (Å²) in [5.41, 5.74) is -2.49. The van der Waals surface area contributed by atoms with Crippen molar-refractivity contribution in [1.29, 1.82) is 0 Å². The van der Waals surface area contributed by atoms with E-state index in [1.165, 1.54) is 13.8 Å². The van der Waals surface area contributed by atoms with Crippen LogP contribution in [-0.4, -0.2) is 27.6 Å². The molecule has 2 aromatic carbocycles. The first-order valence-corrected chi connectivity index (χ1v) is 13.0. The van der Waals surface area contributed by atoms with Crippen LogP contribution in [0, 0.1) is 11.7 Å². The lowest BCUT2D eigenvalue weighted by atomic mass is 9.73. The van der Waals surface area contributed by atoms with Crippen molar-refractivity contribution in [3.8, 4) is 0 Å².